The molecule has 0 fully saturated rings. The van der Waals surface area contributed by atoms with Crippen LogP contribution in [0.3, 0.4) is 0 Å². The molecule has 1 aromatic carbocycles. The van der Waals surface area contributed by atoms with Crippen LogP contribution in [-0.2, 0) is 13.2 Å². The molecule has 4 heteroatoms. The van der Waals surface area contributed by atoms with Crippen LogP contribution in [0.1, 0.15) is 5.56 Å². The van der Waals surface area contributed by atoms with Gasteiger partial charge in [-0.15, -0.1) is 11.5 Å². The van der Waals surface area contributed by atoms with E-state index in [1.54, 1.807) is 4.68 Å². The highest BCUT2D eigenvalue weighted by molar-refractivity contribution is 5.69. The molecule has 0 saturated heterocycles. The fourth-order valence-corrected chi connectivity index (χ4v) is 1.83. The van der Waals surface area contributed by atoms with Crippen LogP contribution in [0.25, 0.3) is 11.3 Å². The predicted molar refractivity (Wildman–Crippen MR) is 58.6 cm³/mol. The minimum Gasteiger partial charge on any atom is -0.471 e. The maximum absolute atomic E-state index is 5.62. The summed E-state index contributed by atoms with van der Waals surface area (Å²) in [5.74, 6) is 3.19. The van der Waals surface area contributed by atoms with E-state index in [4.69, 9.17) is 11.2 Å². The molecule has 0 aliphatic carbocycles. The zero-order valence-corrected chi connectivity index (χ0v) is 8.55. The quantitative estimate of drug-likeness (QED) is 0.670. The summed E-state index contributed by atoms with van der Waals surface area (Å²) in [4.78, 5) is 0. The summed E-state index contributed by atoms with van der Waals surface area (Å²) in [5.41, 5.74) is 2.98. The molecule has 16 heavy (non-hydrogen) atoms. The normalized spacial score (nSPS) is 12.2. The fraction of sp³-hybridized carbons (Fsp3) is 0.167. The van der Waals surface area contributed by atoms with E-state index in [2.05, 4.69) is 16.2 Å². The summed E-state index contributed by atoms with van der Waals surface area (Å²) in [6.07, 6.45) is 5.25. The van der Waals surface area contributed by atoms with Gasteiger partial charge in [-0.2, -0.15) is 0 Å². The molecule has 1 aliphatic rings. The van der Waals surface area contributed by atoms with E-state index in [9.17, 15) is 0 Å². The predicted octanol–water partition coefficient (Wildman–Crippen LogP) is 1.47. The van der Waals surface area contributed by atoms with Crippen molar-refractivity contribution in [3.63, 3.8) is 0 Å². The Labute approximate surface area is 92.9 Å². The minimum absolute atomic E-state index is 0.379. The standard InChI is InChI=1S/C12H9N3O/c1-2-7-15-12-11(13-14-15)10-6-4-3-5-9(10)8-16-12/h1,3-6H,7-8H2. The lowest BCUT2D eigenvalue weighted by atomic mass is 10.0. The number of hydrogen-bond donors (Lipinski definition) is 0. The van der Waals surface area contributed by atoms with Crippen LogP contribution in [0.15, 0.2) is 24.3 Å². The number of aromatic nitrogens is 3. The Morgan fingerprint density at radius 1 is 1.44 bits per heavy atom. The van der Waals surface area contributed by atoms with Crippen molar-refractivity contribution in [1.82, 2.24) is 15.0 Å². The molecule has 2 aromatic rings. The van der Waals surface area contributed by atoms with Gasteiger partial charge in [0.15, 0.2) is 5.69 Å². The monoisotopic (exact) mass is 211 g/mol. The van der Waals surface area contributed by atoms with Crippen LogP contribution < -0.4 is 4.74 Å². The zero-order valence-electron chi connectivity index (χ0n) is 8.55. The van der Waals surface area contributed by atoms with E-state index in [0.717, 1.165) is 16.8 Å². The summed E-state index contributed by atoms with van der Waals surface area (Å²) in [5, 5.41) is 8.09. The maximum atomic E-state index is 5.62. The number of ether oxygens (including phenoxy) is 1. The Morgan fingerprint density at radius 2 is 2.31 bits per heavy atom. The third kappa shape index (κ3) is 1.18. The van der Waals surface area contributed by atoms with Gasteiger partial charge in [0.2, 0.25) is 5.88 Å². The lowest BCUT2D eigenvalue weighted by molar-refractivity contribution is 0.273. The molecule has 0 atom stereocenters. The second-order valence-corrected chi connectivity index (χ2v) is 3.55. The molecule has 0 saturated carbocycles. The molecule has 1 aliphatic heterocycles. The molecule has 2 heterocycles. The van der Waals surface area contributed by atoms with Gasteiger partial charge in [-0.05, 0) is 5.56 Å². The van der Waals surface area contributed by atoms with Gasteiger partial charge in [-0.3, -0.25) is 0 Å². The summed E-state index contributed by atoms with van der Waals surface area (Å²) >= 11 is 0. The Kier molecular flexibility index (Phi) is 1.90. The molecule has 0 unspecified atom stereocenters. The van der Waals surface area contributed by atoms with E-state index in [-0.39, 0.29) is 0 Å². The minimum atomic E-state index is 0.379. The van der Waals surface area contributed by atoms with Crippen molar-refractivity contribution < 1.29 is 4.74 Å². The third-order valence-electron chi connectivity index (χ3n) is 2.57. The Hall–Kier alpha value is -2.28. The maximum Gasteiger partial charge on any atom is 0.242 e. The van der Waals surface area contributed by atoms with Crippen LogP contribution in [0.4, 0.5) is 0 Å². The summed E-state index contributed by atoms with van der Waals surface area (Å²) < 4.78 is 7.22. The number of benzene rings is 1. The third-order valence-corrected chi connectivity index (χ3v) is 2.57. The van der Waals surface area contributed by atoms with Crippen molar-refractivity contribution in [2.75, 3.05) is 0 Å². The molecule has 78 valence electrons. The number of nitrogens with zero attached hydrogens (tertiary/aromatic N) is 3. The molecule has 1 aromatic heterocycles. The van der Waals surface area contributed by atoms with Crippen molar-refractivity contribution in [3.05, 3.63) is 29.8 Å². The fourth-order valence-electron chi connectivity index (χ4n) is 1.83. The van der Waals surface area contributed by atoms with Crippen molar-refractivity contribution in [2.24, 2.45) is 0 Å². The van der Waals surface area contributed by atoms with Gasteiger partial charge in [0.1, 0.15) is 13.2 Å². The van der Waals surface area contributed by atoms with Gasteiger partial charge in [-0.1, -0.05) is 35.4 Å². The molecule has 0 radical (unpaired) electrons. The van der Waals surface area contributed by atoms with Gasteiger partial charge in [0.25, 0.3) is 0 Å². The van der Waals surface area contributed by atoms with E-state index in [1.807, 2.05) is 24.3 Å². The zero-order chi connectivity index (χ0) is 11.0. The average Bonchev–Trinajstić information content (AvgIpc) is 2.73. The second kappa shape index (κ2) is 3.38. The first-order valence-electron chi connectivity index (χ1n) is 4.98. The molecule has 0 spiro atoms. The summed E-state index contributed by atoms with van der Waals surface area (Å²) in [6.45, 7) is 0.922. The van der Waals surface area contributed by atoms with E-state index < -0.39 is 0 Å². The number of rotatable bonds is 1. The molecule has 0 amide bonds. The van der Waals surface area contributed by atoms with Gasteiger partial charge < -0.3 is 4.74 Å². The summed E-state index contributed by atoms with van der Waals surface area (Å²) in [6, 6.07) is 8.01. The molecular formula is C12H9N3O. The first-order chi connectivity index (χ1) is 7.90. The average molecular weight is 211 g/mol. The second-order valence-electron chi connectivity index (χ2n) is 3.55. The number of fused-ring (bicyclic) bond motifs is 3. The Balaban J connectivity index is 2.16. The topological polar surface area (TPSA) is 39.9 Å². The van der Waals surface area contributed by atoms with Crippen LogP contribution in [-0.4, -0.2) is 15.0 Å². The van der Waals surface area contributed by atoms with E-state index in [1.165, 1.54) is 0 Å². The van der Waals surface area contributed by atoms with Crippen molar-refractivity contribution in [3.8, 4) is 29.5 Å². The van der Waals surface area contributed by atoms with Crippen LogP contribution >= 0.6 is 0 Å². The van der Waals surface area contributed by atoms with Crippen LogP contribution in [0, 0.1) is 12.3 Å². The van der Waals surface area contributed by atoms with Crippen molar-refractivity contribution in [1.29, 1.82) is 0 Å². The van der Waals surface area contributed by atoms with Crippen LogP contribution in [0.2, 0.25) is 0 Å². The van der Waals surface area contributed by atoms with E-state index >= 15 is 0 Å². The highest BCUT2D eigenvalue weighted by Gasteiger charge is 2.22. The van der Waals surface area contributed by atoms with Gasteiger partial charge in [0.05, 0.1) is 0 Å². The van der Waals surface area contributed by atoms with Gasteiger partial charge in [0, 0.05) is 5.56 Å². The highest BCUT2D eigenvalue weighted by atomic mass is 16.5. The van der Waals surface area contributed by atoms with Crippen molar-refractivity contribution >= 4 is 0 Å². The lowest BCUT2D eigenvalue weighted by Gasteiger charge is -2.16. The highest BCUT2D eigenvalue weighted by Crippen LogP contribution is 2.34. The van der Waals surface area contributed by atoms with Crippen molar-refractivity contribution in [2.45, 2.75) is 13.2 Å². The SMILES string of the molecule is C#CCn1nnc2c1OCc1ccccc1-2. The molecule has 0 bridgehead atoms. The number of terminal acetylenes is 1. The Bertz CT molecular complexity index is 580. The summed E-state index contributed by atoms with van der Waals surface area (Å²) in [7, 11) is 0. The lowest BCUT2D eigenvalue weighted by Crippen LogP contribution is -2.09. The van der Waals surface area contributed by atoms with Gasteiger partial charge in [-0.25, -0.2) is 4.68 Å². The molecule has 3 rings (SSSR count). The molecular weight excluding hydrogens is 202 g/mol. The molecule has 4 nitrogen and oxygen atoms in total. The van der Waals surface area contributed by atoms with E-state index in [0.29, 0.717) is 19.0 Å². The van der Waals surface area contributed by atoms with Gasteiger partial charge >= 0.3 is 0 Å². The number of hydrogen-bond acceptors (Lipinski definition) is 3. The molecule has 0 N–H and O–H groups in total. The first kappa shape index (κ1) is 8.98. The Morgan fingerprint density at radius 3 is 3.19 bits per heavy atom. The van der Waals surface area contributed by atoms with Crippen LogP contribution in [0.5, 0.6) is 5.88 Å². The smallest absolute Gasteiger partial charge is 0.242 e. The largest absolute Gasteiger partial charge is 0.471 e. The first-order valence-corrected chi connectivity index (χ1v) is 4.98.